The lowest BCUT2D eigenvalue weighted by molar-refractivity contribution is -0.139. The van der Waals surface area contributed by atoms with Crippen LogP contribution in [0.5, 0.6) is 0 Å². The Morgan fingerprint density at radius 1 is 0.923 bits per heavy atom. The Hall–Kier alpha value is -3.07. The molecule has 3 aromatic carbocycles. The van der Waals surface area contributed by atoms with Gasteiger partial charge >= 0.3 is 0 Å². The average molecular weight is 591 g/mol. The molecule has 0 heterocycles. The number of sulfonamides is 1. The van der Waals surface area contributed by atoms with Gasteiger partial charge in [-0.2, -0.15) is 0 Å². The molecule has 10 heteroatoms. The summed E-state index contributed by atoms with van der Waals surface area (Å²) in [7, 11) is -4.22. The van der Waals surface area contributed by atoms with E-state index in [4.69, 9.17) is 23.2 Å². The van der Waals surface area contributed by atoms with Gasteiger partial charge in [0.15, 0.2) is 0 Å². The predicted octanol–water partition coefficient (Wildman–Crippen LogP) is 5.56. The molecule has 0 aliphatic rings. The third-order valence-electron chi connectivity index (χ3n) is 6.09. The Morgan fingerprint density at radius 3 is 2.13 bits per heavy atom. The molecule has 3 aromatic rings. The van der Waals surface area contributed by atoms with Gasteiger partial charge < -0.3 is 10.2 Å². The summed E-state index contributed by atoms with van der Waals surface area (Å²) in [6.45, 7) is 5.15. The summed E-state index contributed by atoms with van der Waals surface area (Å²) >= 11 is 12.6. The lowest BCUT2D eigenvalue weighted by Crippen LogP contribution is -2.54. The first-order valence-corrected chi connectivity index (χ1v) is 14.9. The van der Waals surface area contributed by atoms with Crippen molar-refractivity contribution < 1.29 is 18.0 Å². The number of carbonyl (C=O) groups is 2. The number of halogens is 2. The van der Waals surface area contributed by atoms with Gasteiger partial charge in [0.2, 0.25) is 11.8 Å². The number of rotatable bonds is 12. The first-order valence-electron chi connectivity index (χ1n) is 12.7. The van der Waals surface area contributed by atoms with E-state index in [9.17, 15) is 18.0 Å². The van der Waals surface area contributed by atoms with Gasteiger partial charge in [-0.25, -0.2) is 8.42 Å². The van der Waals surface area contributed by atoms with Crippen molar-refractivity contribution >= 4 is 50.7 Å². The van der Waals surface area contributed by atoms with Gasteiger partial charge in [-0.15, -0.1) is 0 Å². The van der Waals surface area contributed by atoms with Crippen LogP contribution in [0.3, 0.4) is 0 Å². The number of hydrogen-bond acceptors (Lipinski definition) is 4. The maximum atomic E-state index is 14.0. The largest absolute Gasteiger partial charge is 0.352 e. The van der Waals surface area contributed by atoms with Gasteiger partial charge in [0.25, 0.3) is 10.0 Å². The standard InChI is InChI=1S/C29H33Cl2N3O4S/c1-4-26(29(36)32-21(2)3)33(18-17-22-11-7-5-8-12-22)28(35)20-34(27-19-23(30)15-16-25(27)31)39(37,38)24-13-9-6-10-14-24/h5-16,19,21,26H,4,17-18,20H2,1-3H3,(H,32,36)/t26-/m0/s1. The zero-order valence-corrected chi connectivity index (χ0v) is 24.5. The molecule has 0 bridgehead atoms. The van der Waals surface area contributed by atoms with Gasteiger partial charge in [-0.3, -0.25) is 13.9 Å². The lowest BCUT2D eigenvalue weighted by Gasteiger charge is -2.33. The summed E-state index contributed by atoms with van der Waals surface area (Å²) in [5, 5.41) is 3.26. The van der Waals surface area contributed by atoms with Gasteiger partial charge in [-0.05, 0) is 62.6 Å². The van der Waals surface area contributed by atoms with E-state index in [-0.39, 0.29) is 39.1 Å². The van der Waals surface area contributed by atoms with Crippen molar-refractivity contribution in [3.05, 3.63) is 94.5 Å². The van der Waals surface area contributed by atoms with E-state index in [1.807, 2.05) is 51.1 Å². The fourth-order valence-corrected chi connectivity index (χ4v) is 6.07. The molecule has 1 atom stereocenters. The maximum Gasteiger partial charge on any atom is 0.264 e. The SMILES string of the molecule is CC[C@@H](C(=O)NC(C)C)N(CCc1ccccc1)C(=O)CN(c1cc(Cl)ccc1Cl)S(=O)(=O)c1ccccc1. The second-order valence-corrected chi connectivity index (χ2v) is 12.0. The molecular formula is C29H33Cl2N3O4S. The van der Waals surface area contributed by atoms with Crippen LogP contribution in [0.4, 0.5) is 5.69 Å². The van der Waals surface area contributed by atoms with E-state index in [1.165, 1.54) is 35.2 Å². The van der Waals surface area contributed by atoms with Crippen molar-refractivity contribution in [1.29, 1.82) is 0 Å². The molecule has 1 N–H and O–H groups in total. The van der Waals surface area contributed by atoms with Crippen molar-refractivity contribution in [2.45, 2.75) is 50.6 Å². The predicted molar refractivity (Wildman–Crippen MR) is 157 cm³/mol. The second kappa shape index (κ2) is 13.8. The highest BCUT2D eigenvalue weighted by molar-refractivity contribution is 7.92. The van der Waals surface area contributed by atoms with Crippen LogP contribution in [0.15, 0.2) is 83.8 Å². The summed E-state index contributed by atoms with van der Waals surface area (Å²) in [5.74, 6) is -0.834. The fraction of sp³-hybridized carbons (Fsp3) is 0.310. The molecule has 3 rings (SSSR count). The number of nitrogens with zero attached hydrogens (tertiary/aromatic N) is 2. The minimum absolute atomic E-state index is 0.00531. The molecule has 0 aliphatic carbocycles. The summed E-state index contributed by atoms with van der Waals surface area (Å²) in [5.41, 5.74) is 1.06. The van der Waals surface area contributed by atoms with Crippen molar-refractivity contribution in [1.82, 2.24) is 10.2 Å². The monoisotopic (exact) mass is 589 g/mol. The van der Waals surface area contributed by atoms with Crippen LogP contribution < -0.4 is 9.62 Å². The molecule has 0 unspecified atom stereocenters. The zero-order chi connectivity index (χ0) is 28.6. The molecule has 0 aliphatic heterocycles. The number of hydrogen-bond donors (Lipinski definition) is 1. The number of carbonyl (C=O) groups excluding carboxylic acids is 2. The van der Waals surface area contributed by atoms with E-state index in [2.05, 4.69) is 5.32 Å². The third kappa shape index (κ3) is 7.97. The van der Waals surface area contributed by atoms with Crippen molar-refractivity contribution in [2.75, 3.05) is 17.4 Å². The average Bonchev–Trinajstić information content (AvgIpc) is 2.91. The van der Waals surface area contributed by atoms with Crippen LogP contribution in [0, 0.1) is 0 Å². The van der Waals surface area contributed by atoms with Crippen molar-refractivity contribution in [3.63, 3.8) is 0 Å². The summed E-state index contributed by atoms with van der Waals surface area (Å²) in [6, 6.07) is 20.9. The minimum Gasteiger partial charge on any atom is -0.352 e. The Morgan fingerprint density at radius 2 is 1.54 bits per heavy atom. The molecule has 0 saturated heterocycles. The van der Waals surface area contributed by atoms with E-state index in [1.54, 1.807) is 18.2 Å². The first kappa shape index (κ1) is 30.5. The molecule has 0 aromatic heterocycles. The van der Waals surface area contributed by atoms with Gasteiger partial charge in [0, 0.05) is 17.6 Å². The second-order valence-electron chi connectivity index (χ2n) is 9.33. The van der Waals surface area contributed by atoms with Crippen LogP contribution >= 0.6 is 23.2 Å². The van der Waals surface area contributed by atoms with Crippen LogP contribution in [0.2, 0.25) is 10.0 Å². The molecule has 2 amide bonds. The Balaban J connectivity index is 2.04. The smallest absolute Gasteiger partial charge is 0.264 e. The van der Waals surface area contributed by atoms with E-state index in [0.717, 1.165) is 9.87 Å². The third-order valence-corrected chi connectivity index (χ3v) is 8.42. The molecular weight excluding hydrogens is 557 g/mol. The number of benzene rings is 3. The topological polar surface area (TPSA) is 86.8 Å². The summed E-state index contributed by atoms with van der Waals surface area (Å²) in [6.07, 6.45) is 0.837. The normalized spacial score (nSPS) is 12.2. The minimum atomic E-state index is -4.22. The Kier molecular flexibility index (Phi) is 10.8. The highest BCUT2D eigenvalue weighted by atomic mass is 35.5. The summed E-state index contributed by atoms with van der Waals surface area (Å²) in [4.78, 5) is 28.6. The molecule has 0 saturated carbocycles. The Labute approximate surface area is 240 Å². The molecule has 0 radical (unpaired) electrons. The zero-order valence-electron chi connectivity index (χ0n) is 22.2. The Bertz CT molecular complexity index is 1370. The number of anilines is 1. The van der Waals surface area contributed by atoms with Crippen LogP contribution in [-0.2, 0) is 26.0 Å². The lowest BCUT2D eigenvalue weighted by atomic mass is 10.1. The number of amides is 2. The van der Waals surface area contributed by atoms with E-state index < -0.39 is 28.5 Å². The highest BCUT2D eigenvalue weighted by Gasteiger charge is 2.34. The number of nitrogens with one attached hydrogen (secondary N) is 1. The van der Waals surface area contributed by atoms with E-state index in [0.29, 0.717) is 12.8 Å². The van der Waals surface area contributed by atoms with E-state index >= 15 is 0 Å². The van der Waals surface area contributed by atoms with Crippen LogP contribution in [0.25, 0.3) is 0 Å². The molecule has 0 fully saturated rings. The summed E-state index contributed by atoms with van der Waals surface area (Å²) < 4.78 is 28.6. The highest BCUT2D eigenvalue weighted by Crippen LogP contribution is 2.33. The maximum absolute atomic E-state index is 14.0. The van der Waals surface area contributed by atoms with Crippen LogP contribution in [0.1, 0.15) is 32.8 Å². The molecule has 208 valence electrons. The van der Waals surface area contributed by atoms with Crippen molar-refractivity contribution in [3.8, 4) is 0 Å². The van der Waals surface area contributed by atoms with Gasteiger partial charge in [-0.1, -0.05) is 78.7 Å². The molecule has 7 nitrogen and oxygen atoms in total. The van der Waals surface area contributed by atoms with Gasteiger partial charge in [0.1, 0.15) is 12.6 Å². The quantitative estimate of drug-likeness (QED) is 0.299. The van der Waals surface area contributed by atoms with Gasteiger partial charge in [0.05, 0.1) is 15.6 Å². The van der Waals surface area contributed by atoms with Crippen LogP contribution in [-0.4, -0.2) is 50.3 Å². The molecule has 0 spiro atoms. The molecule has 39 heavy (non-hydrogen) atoms. The van der Waals surface area contributed by atoms with Crippen molar-refractivity contribution in [2.24, 2.45) is 0 Å². The first-order chi connectivity index (χ1) is 18.5. The fourth-order valence-electron chi connectivity index (χ4n) is 4.19.